The molecule has 1 heterocycles. The third-order valence-corrected chi connectivity index (χ3v) is 5.00. The molecule has 0 aliphatic rings. The zero-order valence-corrected chi connectivity index (χ0v) is 18.3. The van der Waals surface area contributed by atoms with Gasteiger partial charge < -0.3 is 10.6 Å². The zero-order valence-electron chi connectivity index (χ0n) is 17.5. The van der Waals surface area contributed by atoms with Crippen molar-refractivity contribution in [3.63, 3.8) is 0 Å². The SMILES string of the molecule is CCC(=O)Nc1cc(-c2ccc(Cl)cc2)nn(CC(=O)Nc2c(C)cccc2C)c1=O. The maximum atomic E-state index is 12.9. The van der Waals surface area contributed by atoms with E-state index in [2.05, 4.69) is 15.7 Å². The summed E-state index contributed by atoms with van der Waals surface area (Å²) in [6, 6.07) is 14.1. The van der Waals surface area contributed by atoms with Gasteiger partial charge in [0.25, 0.3) is 5.56 Å². The summed E-state index contributed by atoms with van der Waals surface area (Å²) in [6.07, 6.45) is 0.213. The number of hydrogen-bond donors (Lipinski definition) is 2. The van der Waals surface area contributed by atoms with Crippen LogP contribution in [0.4, 0.5) is 11.4 Å². The largest absolute Gasteiger partial charge is 0.324 e. The van der Waals surface area contributed by atoms with Crippen LogP contribution in [0, 0.1) is 13.8 Å². The number of aromatic nitrogens is 2. The van der Waals surface area contributed by atoms with E-state index in [4.69, 9.17) is 11.6 Å². The first-order valence-corrected chi connectivity index (χ1v) is 10.2. The molecular formula is C23H23ClN4O3. The maximum Gasteiger partial charge on any atom is 0.291 e. The molecule has 8 heteroatoms. The molecule has 1 aromatic heterocycles. The molecule has 160 valence electrons. The van der Waals surface area contributed by atoms with Crippen LogP contribution in [0.5, 0.6) is 0 Å². The molecule has 2 N–H and O–H groups in total. The Kier molecular flexibility index (Phi) is 6.87. The van der Waals surface area contributed by atoms with E-state index in [0.29, 0.717) is 22.0 Å². The highest BCUT2D eigenvalue weighted by Gasteiger charge is 2.15. The van der Waals surface area contributed by atoms with Crippen LogP contribution in [-0.2, 0) is 16.1 Å². The van der Waals surface area contributed by atoms with Gasteiger partial charge in [-0.15, -0.1) is 0 Å². The van der Waals surface area contributed by atoms with Gasteiger partial charge in [0.15, 0.2) is 0 Å². The predicted molar refractivity (Wildman–Crippen MR) is 122 cm³/mol. The quantitative estimate of drug-likeness (QED) is 0.604. The van der Waals surface area contributed by atoms with Crippen molar-refractivity contribution >= 4 is 34.8 Å². The molecule has 0 aliphatic heterocycles. The number of carbonyl (C=O) groups is 2. The second kappa shape index (κ2) is 9.57. The predicted octanol–water partition coefficient (Wildman–Crippen LogP) is 4.17. The number of para-hydroxylation sites is 1. The monoisotopic (exact) mass is 438 g/mol. The maximum absolute atomic E-state index is 12.9. The summed E-state index contributed by atoms with van der Waals surface area (Å²) in [4.78, 5) is 37.5. The Hall–Kier alpha value is -3.45. The van der Waals surface area contributed by atoms with E-state index in [-0.39, 0.29) is 24.6 Å². The lowest BCUT2D eigenvalue weighted by Gasteiger charge is -2.14. The molecule has 2 amide bonds. The number of halogens is 1. The summed E-state index contributed by atoms with van der Waals surface area (Å²) in [5.41, 5.74) is 3.17. The van der Waals surface area contributed by atoms with E-state index in [9.17, 15) is 14.4 Å². The fourth-order valence-corrected chi connectivity index (χ4v) is 3.19. The Morgan fingerprint density at radius 3 is 2.26 bits per heavy atom. The standard InChI is InChI=1S/C23H23ClN4O3/c1-4-20(29)25-19-12-18(16-8-10-17(24)11-9-16)27-28(23(19)31)13-21(30)26-22-14(2)6-5-7-15(22)3/h5-12H,4,13H2,1-3H3,(H,25,29)(H,26,30). The number of rotatable bonds is 6. The average Bonchev–Trinajstić information content (AvgIpc) is 2.74. The van der Waals surface area contributed by atoms with Crippen LogP contribution in [0.15, 0.2) is 53.3 Å². The second-order valence-electron chi connectivity index (χ2n) is 7.13. The van der Waals surface area contributed by atoms with Gasteiger partial charge >= 0.3 is 0 Å². The van der Waals surface area contributed by atoms with Crippen molar-refractivity contribution in [3.05, 3.63) is 75.0 Å². The molecule has 0 atom stereocenters. The third kappa shape index (κ3) is 5.38. The fourth-order valence-electron chi connectivity index (χ4n) is 3.07. The lowest BCUT2D eigenvalue weighted by molar-refractivity contribution is -0.117. The van der Waals surface area contributed by atoms with Gasteiger partial charge in [-0.1, -0.05) is 48.9 Å². The van der Waals surface area contributed by atoms with Gasteiger partial charge in [-0.05, 0) is 43.2 Å². The lowest BCUT2D eigenvalue weighted by Crippen LogP contribution is -2.32. The number of benzene rings is 2. The molecule has 0 radical (unpaired) electrons. The third-order valence-electron chi connectivity index (χ3n) is 4.75. The molecule has 0 unspecified atom stereocenters. The molecule has 31 heavy (non-hydrogen) atoms. The molecule has 0 saturated carbocycles. The van der Waals surface area contributed by atoms with Crippen molar-refractivity contribution in [2.75, 3.05) is 10.6 Å². The van der Waals surface area contributed by atoms with Crippen molar-refractivity contribution in [3.8, 4) is 11.3 Å². The minimum atomic E-state index is -0.559. The van der Waals surface area contributed by atoms with E-state index in [0.717, 1.165) is 15.8 Å². The number of amides is 2. The van der Waals surface area contributed by atoms with Gasteiger partial charge in [0.05, 0.1) is 5.69 Å². The van der Waals surface area contributed by atoms with E-state index < -0.39 is 11.5 Å². The Bertz CT molecular complexity index is 1170. The number of nitrogens with one attached hydrogen (secondary N) is 2. The summed E-state index contributed by atoms with van der Waals surface area (Å²) >= 11 is 5.96. The van der Waals surface area contributed by atoms with E-state index in [1.807, 2.05) is 32.0 Å². The number of anilines is 2. The van der Waals surface area contributed by atoms with Crippen LogP contribution in [0.25, 0.3) is 11.3 Å². The molecule has 0 bridgehead atoms. The molecule has 0 aliphatic carbocycles. The summed E-state index contributed by atoms with van der Waals surface area (Å²) in [7, 11) is 0. The first-order chi connectivity index (χ1) is 14.8. The van der Waals surface area contributed by atoms with Gasteiger partial charge in [0.1, 0.15) is 12.2 Å². The minimum absolute atomic E-state index is 0.0617. The summed E-state index contributed by atoms with van der Waals surface area (Å²) < 4.78 is 1.05. The summed E-state index contributed by atoms with van der Waals surface area (Å²) in [5.74, 6) is -0.704. The van der Waals surface area contributed by atoms with Gasteiger partial charge in [-0.3, -0.25) is 14.4 Å². The Morgan fingerprint density at radius 2 is 1.65 bits per heavy atom. The van der Waals surface area contributed by atoms with Crippen LogP contribution in [0.3, 0.4) is 0 Å². The number of nitrogens with zero attached hydrogens (tertiary/aromatic N) is 2. The van der Waals surface area contributed by atoms with Gasteiger partial charge in [0.2, 0.25) is 11.8 Å². The Labute approximate surface area is 185 Å². The molecule has 2 aromatic carbocycles. The molecule has 0 spiro atoms. The highest BCUT2D eigenvalue weighted by atomic mass is 35.5. The van der Waals surface area contributed by atoms with Crippen LogP contribution >= 0.6 is 11.6 Å². The number of hydrogen-bond acceptors (Lipinski definition) is 4. The Balaban J connectivity index is 1.97. The zero-order chi connectivity index (χ0) is 22.5. The Morgan fingerprint density at radius 1 is 1.00 bits per heavy atom. The van der Waals surface area contributed by atoms with Gasteiger partial charge in [-0.25, -0.2) is 4.68 Å². The van der Waals surface area contributed by atoms with Crippen molar-refractivity contribution in [2.45, 2.75) is 33.7 Å². The van der Waals surface area contributed by atoms with Crippen molar-refractivity contribution < 1.29 is 9.59 Å². The topological polar surface area (TPSA) is 93.1 Å². The highest BCUT2D eigenvalue weighted by molar-refractivity contribution is 6.30. The van der Waals surface area contributed by atoms with Crippen LogP contribution in [-0.4, -0.2) is 21.6 Å². The smallest absolute Gasteiger partial charge is 0.291 e. The number of carbonyl (C=O) groups excluding carboxylic acids is 2. The lowest BCUT2D eigenvalue weighted by atomic mass is 10.1. The normalized spacial score (nSPS) is 10.6. The van der Waals surface area contributed by atoms with E-state index in [1.165, 1.54) is 6.07 Å². The van der Waals surface area contributed by atoms with Crippen molar-refractivity contribution in [1.29, 1.82) is 0 Å². The molecule has 3 rings (SSSR count). The van der Waals surface area contributed by atoms with Gasteiger partial charge in [0, 0.05) is 22.7 Å². The van der Waals surface area contributed by atoms with Gasteiger partial charge in [-0.2, -0.15) is 5.10 Å². The van der Waals surface area contributed by atoms with Crippen LogP contribution in [0.1, 0.15) is 24.5 Å². The molecular weight excluding hydrogens is 416 g/mol. The number of aryl methyl sites for hydroxylation is 2. The molecule has 3 aromatic rings. The minimum Gasteiger partial charge on any atom is -0.324 e. The van der Waals surface area contributed by atoms with E-state index in [1.54, 1.807) is 31.2 Å². The van der Waals surface area contributed by atoms with E-state index >= 15 is 0 Å². The van der Waals surface area contributed by atoms with Crippen molar-refractivity contribution in [1.82, 2.24) is 9.78 Å². The van der Waals surface area contributed by atoms with Crippen LogP contribution < -0.4 is 16.2 Å². The van der Waals surface area contributed by atoms with Crippen LogP contribution in [0.2, 0.25) is 5.02 Å². The first-order valence-electron chi connectivity index (χ1n) is 9.82. The highest BCUT2D eigenvalue weighted by Crippen LogP contribution is 2.21. The van der Waals surface area contributed by atoms with Crippen molar-refractivity contribution in [2.24, 2.45) is 0 Å². The summed E-state index contributed by atoms with van der Waals surface area (Å²) in [5, 5.41) is 10.3. The second-order valence-corrected chi connectivity index (χ2v) is 7.57. The first kappa shape index (κ1) is 22.2. The molecule has 0 saturated heterocycles. The molecule has 7 nitrogen and oxygen atoms in total. The average molecular weight is 439 g/mol. The molecule has 0 fully saturated rings. The fraction of sp³-hybridized carbons (Fsp3) is 0.217. The summed E-state index contributed by atoms with van der Waals surface area (Å²) in [6.45, 7) is 5.18.